The lowest BCUT2D eigenvalue weighted by molar-refractivity contribution is 0.114. The molecule has 2 aliphatic carbocycles. The van der Waals surface area contributed by atoms with Crippen molar-refractivity contribution in [3.63, 3.8) is 0 Å². The Hall–Kier alpha value is -0.860. The first-order valence-corrected chi connectivity index (χ1v) is 8.68. The first kappa shape index (κ1) is 15.1. The highest BCUT2D eigenvalue weighted by Crippen LogP contribution is 2.41. The van der Waals surface area contributed by atoms with E-state index in [0.29, 0.717) is 6.04 Å². The van der Waals surface area contributed by atoms with Crippen molar-refractivity contribution in [2.75, 3.05) is 14.1 Å². The maximum absolute atomic E-state index is 3.45. The highest BCUT2D eigenvalue weighted by Gasteiger charge is 2.32. The van der Waals surface area contributed by atoms with E-state index in [9.17, 15) is 0 Å². The average molecular weight is 286 g/mol. The zero-order valence-electron chi connectivity index (χ0n) is 13.8. The summed E-state index contributed by atoms with van der Waals surface area (Å²) in [6, 6.07) is 11.3. The van der Waals surface area contributed by atoms with Gasteiger partial charge in [-0.1, -0.05) is 31.2 Å². The fourth-order valence-corrected chi connectivity index (χ4v) is 4.43. The number of rotatable bonds is 3. The molecule has 0 spiro atoms. The van der Waals surface area contributed by atoms with Crippen LogP contribution in [0.25, 0.3) is 0 Å². The zero-order valence-corrected chi connectivity index (χ0v) is 13.8. The number of nitrogens with zero attached hydrogens (tertiary/aromatic N) is 1. The third kappa shape index (κ3) is 3.02. The van der Waals surface area contributed by atoms with Crippen LogP contribution in [0.15, 0.2) is 24.3 Å². The number of nitrogens with one attached hydrogen (secondary N) is 1. The van der Waals surface area contributed by atoms with Crippen molar-refractivity contribution in [2.45, 2.75) is 69.5 Å². The smallest absolute Gasteiger partial charge is 0.0351 e. The topological polar surface area (TPSA) is 15.3 Å². The van der Waals surface area contributed by atoms with E-state index < -0.39 is 0 Å². The van der Waals surface area contributed by atoms with Crippen molar-refractivity contribution in [1.82, 2.24) is 10.2 Å². The normalized spacial score (nSPS) is 33.0. The maximum atomic E-state index is 3.45. The van der Waals surface area contributed by atoms with Crippen LogP contribution in [0.4, 0.5) is 0 Å². The Kier molecular flexibility index (Phi) is 4.66. The van der Waals surface area contributed by atoms with Gasteiger partial charge in [-0.05, 0) is 69.7 Å². The van der Waals surface area contributed by atoms with E-state index in [1.807, 2.05) is 0 Å². The van der Waals surface area contributed by atoms with E-state index in [0.717, 1.165) is 18.0 Å². The molecule has 2 aliphatic rings. The second kappa shape index (κ2) is 6.50. The molecule has 1 saturated carbocycles. The highest BCUT2D eigenvalue weighted by molar-refractivity contribution is 5.35. The minimum Gasteiger partial charge on any atom is -0.317 e. The first-order chi connectivity index (χ1) is 10.2. The largest absolute Gasteiger partial charge is 0.317 e. The van der Waals surface area contributed by atoms with E-state index in [1.165, 1.54) is 38.5 Å². The molecule has 1 fully saturated rings. The van der Waals surface area contributed by atoms with Crippen LogP contribution < -0.4 is 5.32 Å². The molecule has 3 rings (SSSR count). The zero-order chi connectivity index (χ0) is 14.8. The average Bonchev–Trinajstić information content (AvgIpc) is 2.55. The Morgan fingerprint density at radius 2 is 1.62 bits per heavy atom. The van der Waals surface area contributed by atoms with Gasteiger partial charge in [0.2, 0.25) is 0 Å². The van der Waals surface area contributed by atoms with Crippen LogP contribution in [-0.4, -0.2) is 31.1 Å². The molecule has 1 N–H and O–H groups in total. The van der Waals surface area contributed by atoms with Crippen LogP contribution in [0, 0.1) is 0 Å². The minimum atomic E-state index is 0.633. The van der Waals surface area contributed by atoms with Crippen LogP contribution in [0.2, 0.25) is 0 Å². The molecule has 2 unspecified atom stereocenters. The lowest BCUT2D eigenvalue weighted by atomic mass is 9.79. The van der Waals surface area contributed by atoms with Gasteiger partial charge in [0.15, 0.2) is 0 Å². The molecular formula is C19H30N2. The van der Waals surface area contributed by atoms with E-state index >= 15 is 0 Å². The minimum absolute atomic E-state index is 0.633. The number of hydrogen-bond acceptors (Lipinski definition) is 2. The molecule has 2 heteroatoms. The molecule has 21 heavy (non-hydrogen) atoms. The van der Waals surface area contributed by atoms with E-state index in [1.54, 1.807) is 11.1 Å². The molecule has 0 heterocycles. The van der Waals surface area contributed by atoms with Gasteiger partial charge in [0.05, 0.1) is 0 Å². The third-order valence-corrected chi connectivity index (χ3v) is 5.93. The molecule has 0 aromatic heterocycles. The molecule has 0 radical (unpaired) electrons. The van der Waals surface area contributed by atoms with Crippen LogP contribution in [0.1, 0.15) is 68.5 Å². The lowest BCUT2D eigenvalue weighted by Gasteiger charge is -2.42. The Bertz CT molecular complexity index is 462. The summed E-state index contributed by atoms with van der Waals surface area (Å²) < 4.78 is 0. The second-order valence-electron chi connectivity index (χ2n) is 7.08. The van der Waals surface area contributed by atoms with Gasteiger partial charge in [0, 0.05) is 18.1 Å². The number of hydrogen-bond donors (Lipinski definition) is 1. The van der Waals surface area contributed by atoms with Gasteiger partial charge in [-0.2, -0.15) is 0 Å². The number of benzene rings is 1. The van der Waals surface area contributed by atoms with Gasteiger partial charge in [0.25, 0.3) is 0 Å². The number of fused-ring (bicyclic) bond motifs is 1. The Balaban J connectivity index is 1.74. The predicted octanol–water partition coefficient (Wildman–Crippen LogP) is 4.09. The van der Waals surface area contributed by atoms with Crippen molar-refractivity contribution in [3.8, 4) is 0 Å². The molecule has 2 atom stereocenters. The van der Waals surface area contributed by atoms with Gasteiger partial charge in [-0.25, -0.2) is 0 Å². The van der Waals surface area contributed by atoms with Gasteiger partial charge < -0.3 is 5.32 Å². The molecular weight excluding hydrogens is 256 g/mol. The summed E-state index contributed by atoms with van der Waals surface area (Å²) in [4.78, 5) is 2.69. The molecule has 0 amide bonds. The summed E-state index contributed by atoms with van der Waals surface area (Å²) in [5.41, 5.74) is 3.18. The van der Waals surface area contributed by atoms with Crippen molar-refractivity contribution < 1.29 is 0 Å². The van der Waals surface area contributed by atoms with Crippen molar-refractivity contribution in [1.29, 1.82) is 0 Å². The molecule has 0 bridgehead atoms. The van der Waals surface area contributed by atoms with Crippen molar-refractivity contribution in [2.24, 2.45) is 0 Å². The molecule has 0 aliphatic heterocycles. The van der Waals surface area contributed by atoms with Crippen LogP contribution in [-0.2, 0) is 0 Å². The van der Waals surface area contributed by atoms with E-state index in [4.69, 9.17) is 0 Å². The fourth-order valence-electron chi connectivity index (χ4n) is 4.43. The molecule has 1 aromatic carbocycles. The Morgan fingerprint density at radius 1 is 0.952 bits per heavy atom. The quantitative estimate of drug-likeness (QED) is 0.900. The van der Waals surface area contributed by atoms with Gasteiger partial charge in [-0.3, -0.25) is 4.90 Å². The summed E-state index contributed by atoms with van der Waals surface area (Å²) in [7, 11) is 4.47. The van der Waals surface area contributed by atoms with Gasteiger partial charge in [0.1, 0.15) is 0 Å². The summed E-state index contributed by atoms with van der Waals surface area (Å²) in [6.45, 7) is 2.38. The standard InChI is InChI=1S/C19H30N2/c1-14-8-13-19(18-7-5-4-6-17(14)18)21(3)16-11-9-15(20-2)10-12-16/h4-7,14-16,19-20H,8-13H2,1-3H3. The van der Waals surface area contributed by atoms with E-state index in [-0.39, 0.29) is 0 Å². The summed E-state index contributed by atoms with van der Waals surface area (Å²) in [5, 5.41) is 3.45. The predicted molar refractivity (Wildman–Crippen MR) is 89.7 cm³/mol. The highest BCUT2D eigenvalue weighted by atomic mass is 15.2. The van der Waals surface area contributed by atoms with E-state index in [2.05, 4.69) is 55.5 Å². The fraction of sp³-hybridized carbons (Fsp3) is 0.684. The lowest BCUT2D eigenvalue weighted by Crippen LogP contribution is -2.42. The van der Waals surface area contributed by atoms with Crippen LogP contribution in [0.3, 0.4) is 0 Å². The second-order valence-corrected chi connectivity index (χ2v) is 7.08. The third-order valence-electron chi connectivity index (χ3n) is 5.93. The molecule has 1 aromatic rings. The Labute approximate surface area is 129 Å². The van der Waals surface area contributed by atoms with Gasteiger partial charge in [-0.15, -0.1) is 0 Å². The van der Waals surface area contributed by atoms with Crippen LogP contribution >= 0.6 is 0 Å². The Morgan fingerprint density at radius 3 is 2.29 bits per heavy atom. The summed E-state index contributed by atoms with van der Waals surface area (Å²) >= 11 is 0. The molecule has 2 nitrogen and oxygen atoms in total. The van der Waals surface area contributed by atoms with Crippen molar-refractivity contribution >= 4 is 0 Å². The summed E-state index contributed by atoms with van der Waals surface area (Å²) in [6.07, 6.45) is 8.00. The monoisotopic (exact) mass is 286 g/mol. The maximum Gasteiger partial charge on any atom is 0.0351 e. The SMILES string of the molecule is CNC1CCC(N(C)C2CCC(C)c3ccccc32)CC1. The van der Waals surface area contributed by atoms with Crippen molar-refractivity contribution in [3.05, 3.63) is 35.4 Å². The first-order valence-electron chi connectivity index (χ1n) is 8.68. The van der Waals surface area contributed by atoms with Crippen LogP contribution in [0.5, 0.6) is 0 Å². The molecule has 0 saturated heterocycles. The molecule has 116 valence electrons. The summed E-state index contributed by atoms with van der Waals surface area (Å²) in [5.74, 6) is 0.728. The van der Waals surface area contributed by atoms with Gasteiger partial charge >= 0.3 is 0 Å².